The maximum absolute atomic E-state index is 12.8. The monoisotopic (exact) mass is 410 g/mol. The van der Waals surface area contributed by atoms with Crippen LogP contribution in [-0.2, 0) is 14.8 Å². The van der Waals surface area contributed by atoms with Crippen LogP contribution in [0.3, 0.4) is 0 Å². The van der Waals surface area contributed by atoms with Gasteiger partial charge in [-0.1, -0.05) is 17.7 Å². The first-order valence-corrected chi connectivity index (χ1v) is 11.0. The molecular weight excluding hydrogens is 392 g/mol. The minimum atomic E-state index is -3.79. The average molecular weight is 411 g/mol. The third kappa shape index (κ3) is 4.00. The molecule has 0 spiro atoms. The summed E-state index contributed by atoms with van der Waals surface area (Å²) in [5.74, 6) is 0.796. The predicted octanol–water partition coefficient (Wildman–Crippen LogP) is 4.30. The highest BCUT2D eigenvalue weighted by atomic mass is 35.5. The maximum atomic E-state index is 12.8. The SMILES string of the molecule is CC(=O)N1CCCSc2ccc(S(=O)(=O)Nc3ccc(C)c(Cl)c3)cc21. The molecule has 2 aromatic rings. The number of halogens is 1. The number of amides is 1. The summed E-state index contributed by atoms with van der Waals surface area (Å²) in [6, 6.07) is 9.89. The molecule has 2 aromatic carbocycles. The number of nitrogens with zero attached hydrogens (tertiary/aromatic N) is 1. The third-order valence-corrected chi connectivity index (χ3v) is 7.05. The molecular formula is C18H19ClN2O3S2. The smallest absolute Gasteiger partial charge is 0.261 e. The van der Waals surface area contributed by atoms with Crippen molar-refractivity contribution in [2.75, 3.05) is 21.9 Å². The van der Waals surface area contributed by atoms with Crippen LogP contribution < -0.4 is 9.62 Å². The first kappa shape index (κ1) is 19.1. The standard InChI is InChI=1S/C18H19ClN2O3S2/c1-12-4-5-14(10-16(12)19)20-26(23,24)15-6-7-18-17(11-15)21(13(2)22)8-3-9-25-18/h4-7,10-11,20H,3,8-9H2,1-2H3. The lowest BCUT2D eigenvalue weighted by atomic mass is 10.2. The van der Waals surface area contributed by atoms with Gasteiger partial charge in [-0.05, 0) is 55.0 Å². The van der Waals surface area contributed by atoms with Gasteiger partial charge in [-0.2, -0.15) is 0 Å². The largest absolute Gasteiger partial charge is 0.311 e. The van der Waals surface area contributed by atoms with Crippen molar-refractivity contribution in [3.63, 3.8) is 0 Å². The molecule has 0 saturated carbocycles. The summed E-state index contributed by atoms with van der Waals surface area (Å²) in [5.41, 5.74) is 1.91. The van der Waals surface area contributed by atoms with E-state index in [9.17, 15) is 13.2 Å². The van der Waals surface area contributed by atoms with Gasteiger partial charge in [-0.25, -0.2) is 8.42 Å². The molecule has 0 atom stereocenters. The Morgan fingerprint density at radius 1 is 1.23 bits per heavy atom. The minimum absolute atomic E-state index is 0.0958. The van der Waals surface area contributed by atoms with Crippen LogP contribution in [0.4, 0.5) is 11.4 Å². The molecule has 0 radical (unpaired) electrons. The fraction of sp³-hybridized carbons (Fsp3) is 0.278. The average Bonchev–Trinajstić information content (AvgIpc) is 2.79. The predicted molar refractivity (Wildman–Crippen MR) is 107 cm³/mol. The van der Waals surface area contributed by atoms with Gasteiger partial charge in [0, 0.05) is 23.4 Å². The summed E-state index contributed by atoms with van der Waals surface area (Å²) < 4.78 is 28.1. The van der Waals surface area contributed by atoms with E-state index in [0.717, 1.165) is 22.6 Å². The molecule has 0 fully saturated rings. The Morgan fingerprint density at radius 2 is 2.00 bits per heavy atom. The number of hydrogen-bond donors (Lipinski definition) is 1. The summed E-state index contributed by atoms with van der Waals surface area (Å²) in [4.78, 5) is 14.6. The summed E-state index contributed by atoms with van der Waals surface area (Å²) in [6.45, 7) is 3.93. The first-order chi connectivity index (χ1) is 12.3. The first-order valence-electron chi connectivity index (χ1n) is 8.12. The minimum Gasteiger partial charge on any atom is -0.311 e. The lowest BCUT2D eigenvalue weighted by molar-refractivity contribution is -0.116. The molecule has 5 nitrogen and oxygen atoms in total. The zero-order valence-electron chi connectivity index (χ0n) is 14.5. The number of aryl methyl sites for hydroxylation is 1. The lowest BCUT2D eigenvalue weighted by Crippen LogP contribution is -2.29. The molecule has 1 heterocycles. The van der Waals surface area contributed by atoms with Crippen molar-refractivity contribution >= 4 is 50.7 Å². The number of hydrogen-bond acceptors (Lipinski definition) is 4. The number of thioether (sulfide) groups is 1. The normalized spacial score (nSPS) is 14.5. The second kappa shape index (κ2) is 7.50. The van der Waals surface area contributed by atoms with Crippen LogP contribution >= 0.6 is 23.4 Å². The lowest BCUT2D eigenvalue weighted by Gasteiger charge is -2.21. The third-order valence-electron chi connectivity index (χ3n) is 4.12. The van der Waals surface area contributed by atoms with Gasteiger partial charge in [0.25, 0.3) is 10.0 Å². The van der Waals surface area contributed by atoms with E-state index < -0.39 is 10.0 Å². The number of anilines is 2. The van der Waals surface area contributed by atoms with Crippen molar-refractivity contribution < 1.29 is 13.2 Å². The second-order valence-electron chi connectivity index (χ2n) is 6.07. The number of carbonyl (C=O) groups is 1. The zero-order chi connectivity index (χ0) is 18.9. The van der Waals surface area contributed by atoms with Gasteiger partial charge < -0.3 is 4.90 Å². The number of benzene rings is 2. The van der Waals surface area contributed by atoms with E-state index in [4.69, 9.17) is 11.6 Å². The summed E-state index contributed by atoms with van der Waals surface area (Å²) >= 11 is 7.70. The van der Waals surface area contributed by atoms with E-state index in [1.807, 2.05) is 6.92 Å². The molecule has 0 aromatic heterocycles. The van der Waals surface area contributed by atoms with Crippen molar-refractivity contribution in [1.29, 1.82) is 0 Å². The molecule has 3 rings (SSSR count). The van der Waals surface area contributed by atoms with Crippen molar-refractivity contribution in [3.05, 3.63) is 47.0 Å². The number of rotatable bonds is 3. The fourth-order valence-corrected chi connectivity index (χ4v) is 4.94. The van der Waals surface area contributed by atoms with E-state index in [-0.39, 0.29) is 10.8 Å². The molecule has 138 valence electrons. The van der Waals surface area contributed by atoms with Gasteiger partial charge >= 0.3 is 0 Å². The number of fused-ring (bicyclic) bond motifs is 1. The van der Waals surface area contributed by atoms with Crippen LogP contribution in [-0.4, -0.2) is 26.6 Å². The van der Waals surface area contributed by atoms with Crippen LogP contribution in [0, 0.1) is 6.92 Å². The second-order valence-corrected chi connectivity index (χ2v) is 9.30. The number of sulfonamides is 1. The summed E-state index contributed by atoms with van der Waals surface area (Å²) in [7, 11) is -3.79. The van der Waals surface area contributed by atoms with Crippen molar-refractivity contribution in [1.82, 2.24) is 0 Å². The Hall–Kier alpha value is -1.70. The molecule has 0 bridgehead atoms. The topological polar surface area (TPSA) is 66.5 Å². The molecule has 8 heteroatoms. The maximum Gasteiger partial charge on any atom is 0.261 e. The van der Waals surface area contributed by atoms with E-state index in [0.29, 0.717) is 22.9 Å². The Morgan fingerprint density at radius 3 is 2.69 bits per heavy atom. The fourth-order valence-electron chi connectivity index (χ4n) is 2.72. The van der Waals surface area contributed by atoms with E-state index in [1.54, 1.807) is 53.1 Å². The molecule has 1 aliphatic rings. The van der Waals surface area contributed by atoms with Crippen LogP contribution in [0.5, 0.6) is 0 Å². The Bertz CT molecular complexity index is 961. The van der Waals surface area contributed by atoms with Crippen molar-refractivity contribution in [3.8, 4) is 0 Å². The molecule has 1 aliphatic heterocycles. The van der Waals surface area contributed by atoms with Crippen LogP contribution in [0.25, 0.3) is 0 Å². The highest BCUT2D eigenvalue weighted by Crippen LogP contribution is 2.36. The van der Waals surface area contributed by atoms with Gasteiger partial charge in [-0.3, -0.25) is 9.52 Å². The Kier molecular flexibility index (Phi) is 5.50. The van der Waals surface area contributed by atoms with E-state index >= 15 is 0 Å². The highest BCUT2D eigenvalue weighted by molar-refractivity contribution is 7.99. The summed E-state index contributed by atoms with van der Waals surface area (Å²) in [5, 5.41) is 0.492. The molecule has 26 heavy (non-hydrogen) atoms. The Labute approximate surface area is 162 Å². The van der Waals surface area contributed by atoms with Crippen molar-refractivity contribution in [2.24, 2.45) is 0 Å². The molecule has 1 amide bonds. The number of nitrogens with one attached hydrogen (secondary N) is 1. The quantitative estimate of drug-likeness (QED) is 0.819. The van der Waals surface area contributed by atoms with Gasteiger partial charge in [0.1, 0.15) is 0 Å². The van der Waals surface area contributed by atoms with Crippen molar-refractivity contribution in [2.45, 2.75) is 30.1 Å². The molecule has 0 aliphatic carbocycles. The van der Waals surface area contributed by atoms with Gasteiger partial charge in [-0.15, -0.1) is 11.8 Å². The summed E-state index contributed by atoms with van der Waals surface area (Å²) in [6.07, 6.45) is 0.862. The zero-order valence-corrected chi connectivity index (χ0v) is 16.8. The van der Waals surface area contributed by atoms with Gasteiger partial charge in [0.15, 0.2) is 0 Å². The van der Waals surface area contributed by atoms with Gasteiger partial charge in [0.2, 0.25) is 5.91 Å². The van der Waals surface area contributed by atoms with Crippen LogP contribution in [0.1, 0.15) is 18.9 Å². The van der Waals surface area contributed by atoms with E-state index in [2.05, 4.69) is 4.72 Å². The van der Waals surface area contributed by atoms with Gasteiger partial charge in [0.05, 0.1) is 16.3 Å². The van der Waals surface area contributed by atoms with Crippen LogP contribution in [0.15, 0.2) is 46.2 Å². The molecule has 1 N–H and O–H groups in total. The Balaban J connectivity index is 1.97. The number of carbonyl (C=O) groups excluding carboxylic acids is 1. The molecule has 0 unspecified atom stereocenters. The highest BCUT2D eigenvalue weighted by Gasteiger charge is 2.23. The van der Waals surface area contributed by atoms with E-state index in [1.165, 1.54) is 6.92 Å². The molecule has 0 saturated heterocycles. The van der Waals surface area contributed by atoms with Crippen LogP contribution in [0.2, 0.25) is 5.02 Å².